The van der Waals surface area contributed by atoms with Crippen LogP contribution in [0.5, 0.6) is 0 Å². The van der Waals surface area contributed by atoms with Gasteiger partial charge in [-0.2, -0.15) is 5.10 Å². The Labute approximate surface area is 130 Å². The van der Waals surface area contributed by atoms with E-state index in [1.807, 2.05) is 42.5 Å². The first kappa shape index (κ1) is 15.7. The minimum absolute atomic E-state index is 0.538. The number of hydrogen-bond acceptors (Lipinski definition) is 4. The number of carbonyl (C=O) groups excluding carboxylic acids is 1. The molecule has 2 aromatic rings. The third-order valence-electron chi connectivity index (χ3n) is 2.64. The largest absolute Gasteiger partial charge is 0.443 e. The van der Waals surface area contributed by atoms with E-state index in [0.29, 0.717) is 0 Å². The number of ether oxygens (including phenoxy) is 1. The van der Waals surface area contributed by atoms with Gasteiger partial charge in [-0.3, -0.25) is 4.98 Å². The number of benzene rings is 1. The maximum atomic E-state index is 11.4. The van der Waals surface area contributed by atoms with Crippen LogP contribution in [0.1, 0.15) is 26.3 Å². The summed E-state index contributed by atoms with van der Waals surface area (Å²) in [4.78, 5) is 15.7. The van der Waals surface area contributed by atoms with E-state index >= 15 is 0 Å². The van der Waals surface area contributed by atoms with Crippen molar-refractivity contribution in [3.05, 3.63) is 54.2 Å². The molecule has 5 heteroatoms. The number of amides is 1. The van der Waals surface area contributed by atoms with Gasteiger partial charge >= 0.3 is 6.09 Å². The van der Waals surface area contributed by atoms with Gasteiger partial charge in [0.05, 0.1) is 11.9 Å². The van der Waals surface area contributed by atoms with Gasteiger partial charge < -0.3 is 4.74 Å². The molecule has 0 atom stereocenters. The van der Waals surface area contributed by atoms with Crippen LogP contribution in [0.3, 0.4) is 0 Å². The highest BCUT2D eigenvalue weighted by Gasteiger charge is 2.15. The first-order valence-electron chi connectivity index (χ1n) is 6.97. The molecule has 0 aliphatic heterocycles. The van der Waals surface area contributed by atoms with Gasteiger partial charge in [0.2, 0.25) is 0 Å². The number of rotatable bonds is 3. The van der Waals surface area contributed by atoms with Crippen LogP contribution in [0.2, 0.25) is 0 Å². The van der Waals surface area contributed by atoms with Crippen LogP contribution in [0.4, 0.5) is 4.79 Å². The summed E-state index contributed by atoms with van der Waals surface area (Å²) in [6, 6.07) is 13.5. The lowest BCUT2D eigenvalue weighted by Crippen LogP contribution is -2.29. The van der Waals surface area contributed by atoms with Gasteiger partial charge in [-0.15, -0.1) is 0 Å². The maximum absolute atomic E-state index is 11.4. The van der Waals surface area contributed by atoms with Crippen LogP contribution in [0.15, 0.2) is 53.8 Å². The first-order valence-corrected chi connectivity index (χ1v) is 6.97. The Morgan fingerprint density at radius 1 is 1.18 bits per heavy atom. The smallest absolute Gasteiger partial charge is 0.428 e. The molecule has 5 nitrogen and oxygen atoms in total. The SMILES string of the molecule is CC(C)(C)OC(=O)N/N=C/c1ccc(-c2ccccn2)cc1. The Morgan fingerprint density at radius 3 is 2.50 bits per heavy atom. The zero-order valence-electron chi connectivity index (χ0n) is 12.9. The molecule has 0 saturated heterocycles. The zero-order chi connectivity index (χ0) is 16.0. The molecule has 1 heterocycles. The average Bonchev–Trinajstić information content (AvgIpc) is 2.47. The predicted molar refractivity (Wildman–Crippen MR) is 86.6 cm³/mol. The van der Waals surface area contributed by atoms with Crippen LogP contribution in [-0.4, -0.2) is 22.9 Å². The molecule has 0 spiro atoms. The van der Waals surface area contributed by atoms with E-state index in [9.17, 15) is 4.79 Å². The second-order valence-electron chi connectivity index (χ2n) is 5.71. The van der Waals surface area contributed by atoms with E-state index < -0.39 is 11.7 Å². The molecule has 1 N–H and O–H groups in total. The number of carbonyl (C=O) groups is 1. The fraction of sp³-hybridized carbons (Fsp3) is 0.235. The molecule has 0 aliphatic rings. The molecular weight excluding hydrogens is 278 g/mol. The monoisotopic (exact) mass is 297 g/mol. The second kappa shape index (κ2) is 6.85. The third-order valence-corrected chi connectivity index (χ3v) is 2.64. The molecule has 1 aromatic carbocycles. The minimum Gasteiger partial charge on any atom is -0.443 e. The Morgan fingerprint density at radius 2 is 1.91 bits per heavy atom. The quantitative estimate of drug-likeness (QED) is 0.695. The summed E-state index contributed by atoms with van der Waals surface area (Å²) in [5.74, 6) is 0. The lowest BCUT2D eigenvalue weighted by molar-refractivity contribution is 0.0529. The highest BCUT2D eigenvalue weighted by molar-refractivity contribution is 5.81. The molecule has 0 saturated carbocycles. The van der Waals surface area contributed by atoms with Crippen LogP contribution in [0, 0.1) is 0 Å². The van der Waals surface area contributed by atoms with E-state index in [4.69, 9.17) is 4.74 Å². The molecule has 1 amide bonds. The van der Waals surface area contributed by atoms with Gasteiger partial charge in [-0.25, -0.2) is 10.2 Å². The van der Waals surface area contributed by atoms with Crippen molar-refractivity contribution in [2.45, 2.75) is 26.4 Å². The first-order chi connectivity index (χ1) is 10.4. The van der Waals surface area contributed by atoms with Crippen molar-refractivity contribution < 1.29 is 9.53 Å². The summed E-state index contributed by atoms with van der Waals surface area (Å²) >= 11 is 0. The summed E-state index contributed by atoms with van der Waals surface area (Å²) in [7, 11) is 0. The van der Waals surface area contributed by atoms with Crippen LogP contribution in [-0.2, 0) is 4.74 Å². The Kier molecular flexibility index (Phi) is 4.88. The minimum atomic E-state index is -0.575. The van der Waals surface area contributed by atoms with E-state index in [0.717, 1.165) is 16.8 Å². The number of hydrazone groups is 1. The number of hydrogen-bond donors (Lipinski definition) is 1. The van der Waals surface area contributed by atoms with Crippen molar-refractivity contribution in [1.82, 2.24) is 10.4 Å². The molecule has 114 valence electrons. The van der Waals surface area contributed by atoms with E-state index in [-0.39, 0.29) is 0 Å². The molecule has 22 heavy (non-hydrogen) atoms. The molecule has 0 aliphatic carbocycles. The second-order valence-corrected chi connectivity index (χ2v) is 5.71. The molecule has 0 fully saturated rings. The Bertz CT molecular complexity index is 644. The van der Waals surface area contributed by atoms with Crippen LogP contribution < -0.4 is 5.43 Å². The summed E-state index contributed by atoms with van der Waals surface area (Å²) in [6.07, 6.45) is 2.75. The average molecular weight is 297 g/mol. The number of pyridine rings is 1. The van der Waals surface area contributed by atoms with Gasteiger partial charge in [0, 0.05) is 11.8 Å². The van der Waals surface area contributed by atoms with Crippen molar-refractivity contribution >= 4 is 12.3 Å². The van der Waals surface area contributed by atoms with E-state index in [2.05, 4.69) is 15.5 Å². The number of nitrogens with zero attached hydrogens (tertiary/aromatic N) is 2. The van der Waals surface area contributed by atoms with Gasteiger partial charge in [-0.1, -0.05) is 30.3 Å². The Balaban J connectivity index is 1.94. The van der Waals surface area contributed by atoms with E-state index in [1.54, 1.807) is 33.2 Å². The molecule has 0 unspecified atom stereocenters. The highest BCUT2D eigenvalue weighted by atomic mass is 16.6. The summed E-state index contributed by atoms with van der Waals surface area (Å²) in [6.45, 7) is 5.39. The normalized spacial score (nSPS) is 11.4. The van der Waals surface area contributed by atoms with Crippen LogP contribution >= 0.6 is 0 Å². The predicted octanol–water partition coefficient (Wildman–Crippen LogP) is 3.61. The van der Waals surface area contributed by atoms with Crippen molar-refractivity contribution in [2.75, 3.05) is 0 Å². The van der Waals surface area contributed by atoms with Crippen molar-refractivity contribution in [2.24, 2.45) is 5.10 Å². The molecule has 0 bridgehead atoms. The van der Waals surface area contributed by atoms with Crippen molar-refractivity contribution in [3.63, 3.8) is 0 Å². The lowest BCUT2D eigenvalue weighted by atomic mass is 10.1. The standard InChI is InChI=1S/C17H19N3O2/c1-17(2,3)22-16(21)20-19-12-13-7-9-14(10-8-13)15-6-4-5-11-18-15/h4-12H,1-3H3,(H,20,21)/b19-12+. The number of aromatic nitrogens is 1. The summed E-state index contributed by atoms with van der Waals surface area (Å²) in [5.41, 5.74) is 4.60. The summed E-state index contributed by atoms with van der Waals surface area (Å²) < 4.78 is 5.08. The number of nitrogens with one attached hydrogen (secondary N) is 1. The lowest BCUT2D eigenvalue weighted by Gasteiger charge is -2.18. The fourth-order valence-electron chi connectivity index (χ4n) is 1.73. The summed E-state index contributed by atoms with van der Waals surface area (Å²) in [5, 5.41) is 3.86. The maximum Gasteiger partial charge on any atom is 0.428 e. The van der Waals surface area contributed by atoms with Crippen LogP contribution in [0.25, 0.3) is 11.3 Å². The molecule has 0 radical (unpaired) electrons. The van der Waals surface area contributed by atoms with Crippen molar-refractivity contribution in [1.29, 1.82) is 0 Å². The highest BCUT2D eigenvalue weighted by Crippen LogP contribution is 2.16. The van der Waals surface area contributed by atoms with E-state index in [1.165, 1.54) is 0 Å². The van der Waals surface area contributed by atoms with Crippen molar-refractivity contribution in [3.8, 4) is 11.3 Å². The van der Waals surface area contributed by atoms with Gasteiger partial charge in [0.25, 0.3) is 0 Å². The third kappa shape index (κ3) is 5.01. The topological polar surface area (TPSA) is 63.6 Å². The molecule has 1 aromatic heterocycles. The van der Waals surface area contributed by atoms with Gasteiger partial charge in [-0.05, 0) is 38.5 Å². The molecular formula is C17H19N3O2. The zero-order valence-corrected chi connectivity index (χ0v) is 12.9. The Hall–Kier alpha value is -2.69. The van der Waals surface area contributed by atoms with Gasteiger partial charge in [0.1, 0.15) is 5.60 Å². The van der Waals surface area contributed by atoms with Gasteiger partial charge in [0.15, 0.2) is 0 Å². The fourth-order valence-corrected chi connectivity index (χ4v) is 1.73. The molecule has 2 rings (SSSR count).